The number of nitrogens with zero attached hydrogens (tertiary/aromatic N) is 1. The van der Waals surface area contributed by atoms with Gasteiger partial charge in [-0.15, -0.1) is 11.3 Å². The Morgan fingerprint density at radius 3 is 2.86 bits per heavy atom. The van der Waals surface area contributed by atoms with Crippen molar-refractivity contribution in [2.45, 2.75) is 38.1 Å². The summed E-state index contributed by atoms with van der Waals surface area (Å²) in [5.74, 6) is -0.333. The van der Waals surface area contributed by atoms with Crippen molar-refractivity contribution in [3.05, 3.63) is 10.6 Å². The summed E-state index contributed by atoms with van der Waals surface area (Å²) >= 11 is 3.03. The lowest BCUT2D eigenvalue weighted by Gasteiger charge is -2.13. The fourth-order valence-corrected chi connectivity index (χ4v) is 3.71. The second-order valence-electron chi connectivity index (χ2n) is 4.87. The number of carbonyl (C=O) groups excluding carboxylic acids is 1. The minimum absolute atomic E-state index is 0.401. The number of anilines is 1. The topological polar surface area (TPSA) is 91.3 Å². The third-order valence-corrected chi connectivity index (χ3v) is 5.00. The Kier molecular flexibility index (Phi) is 5.86. The number of aromatic nitrogens is 1. The highest BCUT2D eigenvalue weighted by molar-refractivity contribution is 7.98. The van der Waals surface area contributed by atoms with Crippen LogP contribution < -0.4 is 10.6 Å². The summed E-state index contributed by atoms with van der Waals surface area (Å²) in [7, 11) is 0. The molecule has 1 aromatic rings. The van der Waals surface area contributed by atoms with Crippen LogP contribution in [0.3, 0.4) is 0 Å². The number of aliphatic carboxylic acids is 1. The maximum atomic E-state index is 11.9. The third-order valence-electron chi connectivity index (χ3n) is 3.28. The molecule has 8 heteroatoms. The van der Waals surface area contributed by atoms with Crippen LogP contribution in [0.25, 0.3) is 0 Å². The Hall–Kier alpha value is -1.28. The molecule has 1 atom stereocenters. The first kappa shape index (κ1) is 16.1. The number of thiazole rings is 1. The molecule has 0 saturated carbocycles. The molecule has 0 spiro atoms. The summed E-state index contributed by atoms with van der Waals surface area (Å²) in [6.45, 7) is 0. The molecule has 0 aromatic carbocycles. The minimum atomic E-state index is -1.02. The van der Waals surface area contributed by atoms with E-state index in [0.29, 0.717) is 17.3 Å². The van der Waals surface area contributed by atoms with Crippen LogP contribution in [0, 0.1) is 0 Å². The number of hydrogen-bond donors (Lipinski definition) is 3. The molecule has 0 aliphatic heterocycles. The molecule has 2 amide bonds. The molecule has 0 bridgehead atoms. The molecule has 21 heavy (non-hydrogen) atoms. The maximum Gasteiger partial charge on any atom is 0.326 e. The number of rotatable bonds is 6. The minimum Gasteiger partial charge on any atom is -0.480 e. The summed E-state index contributed by atoms with van der Waals surface area (Å²) in [4.78, 5) is 28.6. The number of amides is 2. The Morgan fingerprint density at radius 2 is 2.19 bits per heavy atom. The SMILES string of the molecule is CSCCC(NC(=O)Nc1nc2c(s1)CCCC2)C(=O)O. The molecule has 1 aliphatic rings. The van der Waals surface area contributed by atoms with Gasteiger partial charge in [0.2, 0.25) is 0 Å². The number of carbonyl (C=O) groups is 2. The molecule has 1 heterocycles. The van der Waals surface area contributed by atoms with Crippen molar-refractivity contribution >= 4 is 40.2 Å². The van der Waals surface area contributed by atoms with Gasteiger partial charge in [-0.05, 0) is 44.1 Å². The average molecular weight is 329 g/mol. The third kappa shape index (κ3) is 4.60. The van der Waals surface area contributed by atoms with Crippen LogP contribution in [0.15, 0.2) is 0 Å². The quantitative estimate of drug-likeness (QED) is 0.745. The molecule has 3 N–H and O–H groups in total. The van der Waals surface area contributed by atoms with Crippen LogP contribution >= 0.6 is 23.1 Å². The molecule has 1 aromatic heterocycles. The van der Waals surface area contributed by atoms with Crippen molar-refractivity contribution < 1.29 is 14.7 Å². The number of thioether (sulfide) groups is 1. The molecule has 6 nitrogen and oxygen atoms in total. The predicted octanol–water partition coefficient (Wildman–Crippen LogP) is 2.35. The van der Waals surface area contributed by atoms with E-state index in [9.17, 15) is 9.59 Å². The van der Waals surface area contributed by atoms with E-state index >= 15 is 0 Å². The Balaban J connectivity index is 1.91. The van der Waals surface area contributed by atoms with E-state index in [0.717, 1.165) is 31.4 Å². The standard InChI is InChI=1S/C13H19N3O3S2/c1-20-7-6-9(11(17)18)14-12(19)16-13-15-8-4-2-3-5-10(8)21-13/h9H,2-7H2,1H3,(H,17,18)(H2,14,15,16,19). The van der Waals surface area contributed by atoms with Crippen molar-refractivity contribution in [2.75, 3.05) is 17.3 Å². The summed E-state index contributed by atoms with van der Waals surface area (Å²) < 4.78 is 0. The second kappa shape index (κ2) is 7.65. The molecule has 1 aliphatic carbocycles. The van der Waals surface area contributed by atoms with Crippen LogP contribution in [-0.4, -0.2) is 40.1 Å². The van der Waals surface area contributed by atoms with Crippen LogP contribution in [0.2, 0.25) is 0 Å². The van der Waals surface area contributed by atoms with Crippen molar-refractivity contribution in [2.24, 2.45) is 0 Å². The van der Waals surface area contributed by atoms with Gasteiger partial charge in [0.15, 0.2) is 5.13 Å². The summed E-state index contributed by atoms with van der Waals surface area (Å²) in [6, 6.07) is -1.37. The van der Waals surface area contributed by atoms with Crippen molar-refractivity contribution in [3.63, 3.8) is 0 Å². The number of fused-ring (bicyclic) bond motifs is 1. The van der Waals surface area contributed by atoms with E-state index in [2.05, 4.69) is 15.6 Å². The first-order chi connectivity index (χ1) is 10.1. The average Bonchev–Trinajstić information content (AvgIpc) is 2.85. The molecule has 0 saturated heterocycles. The van der Waals surface area contributed by atoms with Gasteiger partial charge >= 0.3 is 12.0 Å². The first-order valence-electron chi connectivity index (χ1n) is 6.88. The summed E-state index contributed by atoms with van der Waals surface area (Å²) in [6.07, 6.45) is 6.58. The lowest BCUT2D eigenvalue weighted by Crippen LogP contribution is -2.43. The van der Waals surface area contributed by atoms with Gasteiger partial charge in [-0.3, -0.25) is 5.32 Å². The van der Waals surface area contributed by atoms with Gasteiger partial charge in [-0.2, -0.15) is 11.8 Å². The van der Waals surface area contributed by atoms with Crippen molar-refractivity contribution in [3.8, 4) is 0 Å². The smallest absolute Gasteiger partial charge is 0.326 e. The number of aryl methyl sites for hydroxylation is 2. The zero-order valence-corrected chi connectivity index (χ0v) is 13.5. The molecule has 0 fully saturated rings. The number of carboxylic acid groups (broad SMARTS) is 1. The van der Waals surface area contributed by atoms with Crippen LogP contribution in [0.5, 0.6) is 0 Å². The number of carboxylic acids is 1. The Bertz CT molecular complexity index is 495. The molecule has 1 unspecified atom stereocenters. The highest BCUT2D eigenvalue weighted by Crippen LogP contribution is 2.29. The summed E-state index contributed by atoms with van der Waals surface area (Å²) in [5.41, 5.74) is 1.07. The van der Waals surface area contributed by atoms with Crippen LogP contribution in [0.4, 0.5) is 9.93 Å². The highest BCUT2D eigenvalue weighted by Gasteiger charge is 2.21. The number of nitrogens with one attached hydrogen (secondary N) is 2. The van der Waals surface area contributed by atoms with Crippen LogP contribution in [0.1, 0.15) is 29.8 Å². The van der Waals surface area contributed by atoms with E-state index in [1.165, 1.54) is 16.2 Å². The lowest BCUT2D eigenvalue weighted by atomic mass is 10.0. The molecular formula is C13H19N3O3S2. The first-order valence-corrected chi connectivity index (χ1v) is 9.09. The largest absolute Gasteiger partial charge is 0.480 e. The van der Waals surface area contributed by atoms with Crippen molar-refractivity contribution in [1.29, 1.82) is 0 Å². The Labute approximate surface area is 131 Å². The predicted molar refractivity (Wildman–Crippen MR) is 85.3 cm³/mol. The highest BCUT2D eigenvalue weighted by atomic mass is 32.2. The van der Waals surface area contributed by atoms with Gasteiger partial charge in [0.05, 0.1) is 5.69 Å². The summed E-state index contributed by atoms with van der Waals surface area (Å²) in [5, 5.41) is 14.8. The van der Waals surface area contributed by atoms with E-state index in [-0.39, 0.29) is 0 Å². The van der Waals surface area contributed by atoms with Crippen molar-refractivity contribution in [1.82, 2.24) is 10.3 Å². The van der Waals surface area contributed by atoms with Gasteiger partial charge in [-0.1, -0.05) is 0 Å². The molecule has 116 valence electrons. The van der Waals surface area contributed by atoms with E-state index in [1.807, 2.05) is 6.26 Å². The monoisotopic (exact) mass is 329 g/mol. The van der Waals surface area contributed by atoms with E-state index in [4.69, 9.17) is 5.11 Å². The van der Waals surface area contributed by atoms with Gasteiger partial charge in [0.1, 0.15) is 6.04 Å². The maximum absolute atomic E-state index is 11.9. The van der Waals surface area contributed by atoms with Crippen LogP contribution in [-0.2, 0) is 17.6 Å². The van der Waals surface area contributed by atoms with Gasteiger partial charge in [0.25, 0.3) is 0 Å². The normalized spacial score (nSPS) is 15.1. The van der Waals surface area contributed by atoms with Gasteiger partial charge < -0.3 is 10.4 Å². The zero-order chi connectivity index (χ0) is 15.2. The second-order valence-corrected chi connectivity index (χ2v) is 6.94. The number of hydrogen-bond acceptors (Lipinski definition) is 5. The molecule has 2 rings (SSSR count). The lowest BCUT2D eigenvalue weighted by molar-refractivity contribution is -0.139. The number of urea groups is 1. The molecular weight excluding hydrogens is 310 g/mol. The fraction of sp³-hybridized carbons (Fsp3) is 0.615. The van der Waals surface area contributed by atoms with Gasteiger partial charge in [-0.25, -0.2) is 14.6 Å². The Morgan fingerprint density at radius 1 is 1.43 bits per heavy atom. The van der Waals surface area contributed by atoms with E-state index in [1.54, 1.807) is 11.8 Å². The fourth-order valence-electron chi connectivity index (χ4n) is 2.19. The van der Waals surface area contributed by atoms with Gasteiger partial charge in [0, 0.05) is 4.88 Å². The molecule has 0 radical (unpaired) electrons. The zero-order valence-electron chi connectivity index (χ0n) is 11.8. The van der Waals surface area contributed by atoms with E-state index < -0.39 is 18.0 Å².